The Bertz CT molecular complexity index is 174. The van der Waals surface area contributed by atoms with Crippen molar-refractivity contribution in [1.82, 2.24) is 0 Å². The average Bonchev–Trinajstić information content (AvgIpc) is 2.05. The molecule has 1 rings (SSSR count). The summed E-state index contributed by atoms with van der Waals surface area (Å²) >= 11 is 0. The summed E-state index contributed by atoms with van der Waals surface area (Å²) in [5, 5.41) is 8.69. The first kappa shape index (κ1) is 8.53. The van der Waals surface area contributed by atoms with E-state index in [9.17, 15) is 4.79 Å². The molecule has 0 saturated carbocycles. The first-order chi connectivity index (χ1) is 4.92. The highest BCUT2D eigenvalue weighted by Gasteiger charge is 2.41. The molecule has 0 amide bonds. The maximum Gasteiger partial charge on any atom is 0.333 e. The minimum Gasteiger partial charge on any atom is -0.479 e. The van der Waals surface area contributed by atoms with E-state index in [1.807, 2.05) is 20.8 Å². The molecule has 3 heteroatoms. The largest absolute Gasteiger partial charge is 0.479 e. The maximum atomic E-state index is 10.6. The Morgan fingerprint density at radius 3 is 2.36 bits per heavy atom. The number of hydrogen-bond donors (Lipinski definition) is 1. The topological polar surface area (TPSA) is 46.5 Å². The minimum atomic E-state index is -0.844. The molecule has 1 fully saturated rings. The van der Waals surface area contributed by atoms with Gasteiger partial charge in [-0.1, -0.05) is 6.92 Å². The van der Waals surface area contributed by atoms with Crippen LogP contribution in [0.3, 0.4) is 0 Å². The lowest BCUT2D eigenvalue weighted by Crippen LogP contribution is -2.27. The zero-order valence-electron chi connectivity index (χ0n) is 7.13. The number of ether oxygens (including phenoxy) is 1. The number of carbonyl (C=O) groups is 1. The molecular formula is C8H14O3. The summed E-state index contributed by atoms with van der Waals surface area (Å²) in [5.74, 6) is -0.717. The third-order valence-electron chi connectivity index (χ3n) is 2.02. The van der Waals surface area contributed by atoms with Crippen LogP contribution in [0.1, 0.15) is 27.2 Å². The van der Waals surface area contributed by atoms with Gasteiger partial charge in [-0.2, -0.15) is 0 Å². The van der Waals surface area contributed by atoms with Gasteiger partial charge in [0.2, 0.25) is 0 Å². The number of hydrogen-bond acceptors (Lipinski definition) is 2. The van der Waals surface area contributed by atoms with Crippen LogP contribution >= 0.6 is 0 Å². The Morgan fingerprint density at radius 2 is 2.18 bits per heavy atom. The second-order valence-corrected chi connectivity index (χ2v) is 3.82. The third-order valence-corrected chi connectivity index (χ3v) is 2.02. The van der Waals surface area contributed by atoms with Crippen molar-refractivity contribution >= 4 is 5.97 Å². The van der Waals surface area contributed by atoms with Crippen LogP contribution in [0.25, 0.3) is 0 Å². The molecule has 1 unspecified atom stereocenters. The molecule has 1 N–H and O–H groups in total. The zero-order valence-corrected chi connectivity index (χ0v) is 7.13. The molecule has 1 aliphatic rings. The van der Waals surface area contributed by atoms with Crippen molar-refractivity contribution in [2.75, 3.05) is 0 Å². The lowest BCUT2D eigenvalue weighted by Gasteiger charge is -2.16. The van der Waals surface area contributed by atoms with Crippen LogP contribution in [-0.2, 0) is 9.53 Å². The smallest absolute Gasteiger partial charge is 0.333 e. The predicted octanol–water partition coefficient (Wildman–Crippen LogP) is 1.27. The van der Waals surface area contributed by atoms with Crippen LogP contribution < -0.4 is 0 Å². The fraction of sp³-hybridized carbons (Fsp3) is 0.875. The summed E-state index contributed by atoms with van der Waals surface area (Å²) in [6, 6.07) is 0. The van der Waals surface area contributed by atoms with Crippen molar-refractivity contribution in [1.29, 1.82) is 0 Å². The Hall–Kier alpha value is -0.570. The second-order valence-electron chi connectivity index (χ2n) is 3.82. The number of carboxylic acid groups (broad SMARTS) is 1. The van der Waals surface area contributed by atoms with Gasteiger partial charge in [0.15, 0.2) is 6.10 Å². The van der Waals surface area contributed by atoms with Crippen LogP contribution in [-0.4, -0.2) is 22.8 Å². The van der Waals surface area contributed by atoms with E-state index in [0.29, 0.717) is 0 Å². The van der Waals surface area contributed by atoms with E-state index < -0.39 is 12.1 Å². The van der Waals surface area contributed by atoms with Gasteiger partial charge in [-0.3, -0.25) is 0 Å². The molecule has 1 saturated heterocycles. The van der Waals surface area contributed by atoms with Gasteiger partial charge in [-0.05, 0) is 26.2 Å². The fourth-order valence-corrected chi connectivity index (χ4v) is 1.68. The van der Waals surface area contributed by atoms with Crippen LogP contribution in [0, 0.1) is 5.92 Å². The normalized spacial score (nSPS) is 35.5. The Labute approximate surface area is 66.4 Å². The van der Waals surface area contributed by atoms with Crippen molar-refractivity contribution in [2.24, 2.45) is 5.92 Å². The van der Waals surface area contributed by atoms with E-state index in [-0.39, 0.29) is 11.5 Å². The molecular weight excluding hydrogens is 144 g/mol. The molecule has 3 nitrogen and oxygen atoms in total. The Kier molecular flexibility index (Phi) is 1.92. The highest BCUT2D eigenvalue weighted by atomic mass is 16.5. The fourth-order valence-electron chi connectivity index (χ4n) is 1.68. The lowest BCUT2D eigenvalue weighted by molar-refractivity contribution is -0.154. The molecule has 0 aromatic rings. The average molecular weight is 158 g/mol. The molecule has 0 bridgehead atoms. The van der Waals surface area contributed by atoms with Crippen LogP contribution in [0.5, 0.6) is 0 Å². The lowest BCUT2D eigenvalue weighted by atomic mass is 9.96. The Morgan fingerprint density at radius 1 is 1.64 bits per heavy atom. The maximum absolute atomic E-state index is 10.6. The van der Waals surface area contributed by atoms with Gasteiger partial charge in [-0.15, -0.1) is 0 Å². The monoisotopic (exact) mass is 158 g/mol. The van der Waals surface area contributed by atoms with E-state index >= 15 is 0 Å². The standard InChI is InChI=1S/C8H14O3/c1-5-4-8(2,3)11-6(5)7(9)10/h5-6H,4H2,1-3H3,(H,9,10)/t5?,6-/m1/s1. The molecule has 64 valence electrons. The van der Waals surface area contributed by atoms with Crippen molar-refractivity contribution < 1.29 is 14.6 Å². The van der Waals surface area contributed by atoms with E-state index in [0.717, 1.165) is 6.42 Å². The molecule has 0 aliphatic carbocycles. The van der Waals surface area contributed by atoms with Gasteiger partial charge >= 0.3 is 5.97 Å². The molecule has 0 aromatic heterocycles. The molecule has 0 aromatic carbocycles. The number of carboxylic acids is 1. The first-order valence-electron chi connectivity index (χ1n) is 3.83. The highest BCUT2D eigenvalue weighted by molar-refractivity contribution is 5.73. The molecule has 0 radical (unpaired) electrons. The summed E-state index contributed by atoms with van der Waals surface area (Å²) in [6.07, 6.45) is 0.217. The van der Waals surface area contributed by atoms with Crippen molar-refractivity contribution in [3.63, 3.8) is 0 Å². The third kappa shape index (κ3) is 1.71. The SMILES string of the molecule is CC1CC(C)(C)O[C@H]1C(=O)O. The summed E-state index contributed by atoms with van der Waals surface area (Å²) in [6.45, 7) is 5.76. The summed E-state index contributed by atoms with van der Waals surface area (Å²) in [5.41, 5.74) is -0.261. The summed E-state index contributed by atoms with van der Waals surface area (Å²) in [7, 11) is 0. The van der Waals surface area contributed by atoms with Gasteiger partial charge < -0.3 is 9.84 Å². The van der Waals surface area contributed by atoms with Gasteiger partial charge in [0.05, 0.1) is 5.60 Å². The van der Waals surface area contributed by atoms with Gasteiger partial charge in [0, 0.05) is 0 Å². The highest BCUT2D eigenvalue weighted by Crippen LogP contribution is 2.34. The Balaban J connectivity index is 2.66. The van der Waals surface area contributed by atoms with E-state index in [1.165, 1.54) is 0 Å². The van der Waals surface area contributed by atoms with E-state index in [1.54, 1.807) is 0 Å². The van der Waals surface area contributed by atoms with Gasteiger partial charge in [-0.25, -0.2) is 4.79 Å². The number of rotatable bonds is 1. The number of aliphatic carboxylic acids is 1. The van der Waals surface area contributed by atoms with Crippen LogP contribution in [0.4, 0.5) is 0 Å². The minimum absolute atomic E-state index is 0.127. The summed E-state index contributed by atoms with van der Waals surface area (Å²) in [4.78, 5) is 10.6. The molecule has 0 spiro atoms. The van der Waals surface area contributed by atoms with Crippen LogP contribution in [0.15, 0.2) is 0 Å². The summed E-state index contributed by atoms with van der Waals surface area (Å²) < 4.78 is 5.32. The quantitative estimate of drug-likeness (QED) is 0.625. The van der Waals surface area contributed by atoms with Crippen LogP contribution in [0.2, 0.25) is 0 Å². The molecule has 1 heterocycles. The first-order valence-corrected chi connectivity index (χ1v) is 3.83. The van der Waals surface area contributed by atoms with Crippen molar-refractivity contribution in [3.05, 3.63) is 0 Å². The molecule has 1 aliphatic heterocycles. The molecule has 2 atom stereocenters. The van der Waals surface area contributed by atoms with E-state index in [2.05, 4.69) is 0 Å². The van der Waals surface area contributed by atoms with Crippen molar-refractivity contribution in [3.8, 4) is 0 Å². The predicted molar refractivity (Wildman–Crippen MR) is 40.4 cm³/mol. The van der Waals surface area contributed by atoms with E-state index in [4.69, 9.17) is 9.84 Å². The van der Waals surface area contributed by atoms with Gasteiger partial charge in [0.25, 0.3) is 0 Å². The zero-order chi connectivity index (χ0) is 8.65. The molecule has 11 heavy (non-hydrogen) atoms. The van der Waals surface area contributed by atoms with Gasteiger partial charge in [0.1, 0.15) is 0 Å². The van der Waals surface area contributed by atoms with Crippen molar-refractivity contribution in [2.45, 2.75) is 38.9 Å². The second kappa shape index (κ2) is 2.48.